The Hall–Kier alpha value is -2.70. The molecule has 134 valence electrons. The van der Waals surface area contributed by atoms with Gasteiger partial charge in [0.25, 0.3) is 0 Å². The third kappa shape index (κ3) is 3.61. The number of likely N-dealkylation sites (N-methyl/N-ethyl adjacent to an activating group) is 1. The molecule has 6 nitrogen and oxygen atoms in total. The number of rotatable bonds is 7. The third-order valence-corrected chi connectivity index (χ3v) is 4.22. The highest BCUT2D eigenvalue weighted by molar-refractivity contribution is 6.37. The molecule has 1 N–H and O–H groups in total. The molecule has 0 bridgehead atoms. The zero-order chi connectivity index (χ0) is 18.7. The summed E-state index contributed by atoms with van der Waals surface area (Å²) in [6.07, 6.45) is 0.281. The number of carbonyl (C=O) groups is 2. The first-order valence-electron chi connectivity index (χ1n) is 8.08. The Bertz CT molecular complexity index is 966. The molecule has 0 saturated carbocycles. The summed E-state index contributed by atoms with van der Waals surface area (Å²) in [5.74, 6) is -0.360. The van der Waals surface area contributed by atoms with Gasteiger partial charge in [0.15, 0.2) is 11.9 Å². The summed E-state index contributed by atoms with van der Waals surface area (Å²) in [6, 6.07) is 10.6. The van der Waals surface area contributed by atoms with Crippen molar-refractivity contribution in [3.8, 4) is 11.5 Å². The molecule has 0 atom stereocenters. The molecule has 3 aromatic rings. The van der Waals surface area contributed by atoms with Crippen LogP contribution in [0.25, 0.3) is 22.6 Å². The number of nitrogens with zero attached hydrogens (tertiary/aromatic N) is 2. The van der Waals surface area contributed by atoms with Crippen LogP contribution in [0.4, 0.5) is 5.69 Å². The maximum absolute atomic E-state index is 12.2. The minimum absolute atomic E-state index is 0.182. The molecule has 3 rings (SSSR count). The summed E-state index contributed by atoms with van der Waals surface area (Å²) in [6.45, 7) is 1.39. The zero-order valence-electron chi connectivity index (χ0n) is 14.5. The highest BCUT2D eigenvalue weighted by Gasteiger charge is 2.21. The Morgan fingerprint density at radius 3 is 2.73 bits per heavy atom. The maximum atomic E-state index is 12.2. The van der Waals surface area contributed by atoms with Crippen molar-refractivity contribution in [3.63, 3.8) is 0 Å². The number of Topliss-reactive ketones (excluding diaryl/α,β-unsaturated/α-hetero) is 1. The molecule has 1 heterocycles. The van der Waals surface area contributed by atoms with Crippen molar-refractivity contribution < 1.29 is 14.0 Å². The minimum atomic E-state index is -0.662. The van der Waals surface area contributed by atoms with Crippen LogP contribution in [0.5, 0.6) is 0 Å². The molecule has 0 radical (unpaired) electrons. The Kier molecular flexibility index (Phi) is 5.35. The normalized spacial score (nSPS) is 11.1. The van der Waals surface area contributed by atoms with Crippen LogP contribution in [0.2, 0.25) is 5.02 Å². The number of aldehydes is 1. The van der Waals surface area contributed by atoms with Crippen molar-refractivity contribution in [3.05, 3.63) is 47.0 Å². The standard InChI is InChI=1S/C19H18ClN3O3/c1-23(2)10-9-21-14-7-8-15-18(17(14)16(25)11-24)26-19(22-15)12-5-3-4-6-13(12)20/h3-8,11,21H,9-10H2,1-2H3. The lowest BCUT2D eigenvalue weighted by atomic mass is 10.1. The number of halogens is 1. The van der Waals surface area contributed by atoms with Gasteiger partial charge in [0.1, 0.15) is 5.52 Å². The van der Waals surface area contributed by atoms with Gasteiger partial charge in [-0.3, -0.25) is 9.59 Å². The van der Waals surface area contributed by atoms with Crippen molar-refractivity contribution in [2.24, 2.45) is 0 Å². The lowest BCUT2D eigenvalue weighted by Gasteiger charge is -2.13. The van der Waals surface area contributed by atoms with Gasteiger partial charge < -0.3 is 14.6 Å². The van der Waals surface area contributed by atoms with Crippen LogP contribution in [0.15, 0.2) is 40.8 Å². The molecule has 0 fully saturated rings. The van der Waals surface area contributed by atoms with Gasteiger partial charge in [0.2, 0.25) is 11.7 Å². The summed E-state index contributed by atoms with van der Waals surface area (Å²) in [4.78, 5) is 29.8. The van der Waals surface area contributed by atoms with Gasteiger partial charge in [-0.2, -0.15) is 0 Å². The van der Waals surface area contributed by atoms with Crippen LogP contribution >= 0.6 is 11.6 Å². The number of anilines is 1. The Balaban J connectivity index is 2.09. The molecule has 0 unspecified atom stereocenters. The number of ketones is 1. The molecule has 1 aromatic heterocycles. The second-order valence-corrected chi connectivity index (χ2v) is 6.45. The maximum Gasteiger partial charge on any atom is 0.231 e. The molecule has 0 saturated heterocycles. The van der Waals surface area contributed by atoms with E-state index in [-0.39, 0.29) is 17.4 Å². The summed E-state index contributed by atoms with van der Waals surface area (Å²) in [7, 11) is 3.91. The first kappa shape index (κ1) is 18.1. The number of nitrogens with one attached hydrogen (secondary N) is 1. The first-order chi connectivity index (χ1) is 12.5. The first-order valence-corrected chi connectivity index (χ1v) is 8.45. The largest absolute Gasteiger partial charge is 0.435 e. The molecule has 0 spiro atoms. The third-order valence-electron chi connectivity index (χ3n) is 3.89. The Labute approximate surface area is 155 Å². The van der Waals surface area contributed by atoms with E-state index in [2.05, 4.69) is 10.3 Å². The van der Waals surface area contributed by atoms with E-state index in [1.165, 1.54) is 0 Å². The van der Waals surface area contributed by atoms with Gasteiger partial charge in [0.05, 0.1) is 16.1 Å². The van der Waals surface area contributed by atoms with E-state index in [1.54, 1.807) is 24.3 Å². The van der Waals surface area contributed by atoms with Gasteiger partial charge in [-0.1, -0.05) is 23.7 Å². The molecule has 0 aliphatic heterocycles. The summed E-state index contributed by atoms with van der Waals surface area (Å²) in [5.41, 5.74) is 2.10. The number of hydrogen-bond donors (Lipinski definition) is 1. The molecule has 26 heavy (non-hydrogen) atoms. The van der Waals surface area contributed by atoms with Crippen molar-refractivity contribution >= 4 is 40.5 Å². The fourth-order valence-electron chi connectivity index (χ4n) is 2.61. The smallest absolute Gasteiger partial charge is 0.231 e. The van der Waals surface area contributed by atoms with E-state index in [9.17, 15) is 9.59 Å². The van der Waals surface area contributed by atoms with Crippen LogP contribution in [0.1, 0.15) is 10.4 Å². The van der Waals surface area contributed by atoms with Crippen molar-refractivity contribution in [2.45, 2.75) is 0 Å². The average molecular weight is 372 g/mol. The van der Waals surface area contributed by atoms with Crippen LogP contribution in [-0.2, 0) is 4.79 Å². The molecule has 2 aromatic carbocycles. The zero-order valence-corrected chi connectivity index (χ0v) is 15.2. The van der Waals surface area contributed by atoms with Gasteiger partial charge in [-0.25, -0.2) is 4.98 Å². The fraction of sp³-hybridized carbons (Fsp3) is 0.211. The van der Waals surface area contributed by atoms with Crippen LogP contribution in [0.3, 0.4) is 0 Å². The van der Waals surface area contributed by atoms with Gasteiger partial charge in [-0.05, 0) is 38.4 Å². The molecular formula is C19H18ClN3O3. The Morgan fingerprint density at radius 1 is 1.27 bits per heavy atom. The number of hydrogen-bond acceptors (Lipinski definition) is 6. The minimum Gasteiger partial charge on any atom is -0.435 e. The second kappa shape index (κ2) is 7.68. The second-order valence-electron chi connectivity index (χ2n) is 6.05. The highest BCUT2D eigenvalue weighted by Crippen LogP contribution is 2.33. The SMILES string of the molecule is CN(C)CCNc1ccc2nc(-c3ccccc3Cl)oc2c1C(=O)C=O. The summed E-state index contributed by atoms with van der Waals surface area (Å²) in [5, 5.41) is 3.67. The highest BCUT2D eigenvalue weighted by atomic mass is 35.5. The topological polar surface area (TPSA) is 75.4 Å². The van der Waals surface area contributed by atoms with Gasteiger partial charge >= 0.3 is 0 Å². The van der Waals surface area contributed by atoms with E-state index < -0.39 is 5.78 Å². The summed E-state index contributed by atoms with van der Waals surface area (Å²) >= 11 is 6.21. The van der Waals surface area contributed by atoms with E-state index in [1.807, 2.05) is 31.1 Å². The van der Waals surface area contributed by atoms with E-state index >= 15 is 0 Å². The number of fused-ring (bicyclic) bond motifs is 1. The van der Waals surface area contributed by atoms with Crippen molar-refractivity contribution in [1.29, 1.82) is 0 Å². The van der Waals surface area contributed by atoms with Gasteiger partial charge in [-0.15, -0.1) is 0 Å². The predicted octanol–water partition coefficient (Wildman–Crippen LogP) is 3.50. The van der Waals surface area contributed by atoms with E-state index in [4.69, 9.17) is 16.0 Å². The number of benzene rings is 2. The fourth-order valence-corrected chi connectivity index (χ4v) is 2.82. The summed E-state index contributed by atoms with van der Waals surface area (Å²) < 4.78 is 5.83. The molecule has 0 aliphatic carbocycles. The molecule has 7 heteroatoms. The van der Waals surface area contributed by atoms with Crippen molar-refractivity contribution in [1.82, 2.24) is 9.88 Å². The van der Waals surface area contributed by atoms with Gasteiger partial charge in [0, 0.05) is 18.8 Å². The molecule has 0 aliphatic rings. The van der Waals surface area contributed by atoms with E-state index in [0.717, 1.165) is 6.54 Å². The van der Waals surface area contributed by atoms with Crippen molar-refractivity contribution in [2.75, 3.05) is 32.5 Å². The number of carbonyl (C=O) groups excluding carboxylic acids is 2. The molecule has 0 amide bonds. The predicted molar refractivity (Wildman–Crippen MR) is 102 cm³/mol. The monoisotopic (exact) mass is 371 g/mol. The van der Waals surface area contributed by atoms with E-state index in [0.29, 0.717) is 34.2 Å². The average Bonchev–Trinajstić information content (AvgIpc) is 3.04. The lowest BCUT2D eigenvalue weighted by molar-refractivity contribution is -0.104. The lowest BCUT2D eigenvalue weighted by Crippen LogP contribution is -2.21. The number of aromatic nitrogens is 1. The van der Waals surface area contributed by atoms with Crippen LogP contribution in [-0.4, -0.2) is 49.1 Å². The van der Waals surface area contributed by atoms with Crippen LogP contribution < -0.4 is 5.32 Å². The Morgan fingerprint density at radius 2 is 2.04 bits per heavy atom. The quantitative estimate of drug-likeness (QED) is 0.389. The molecular weight excluding hydrogens is 354 g/mol. The number of oxazole rings is 1. The van der Waals surface area contributed by atoms with Crippen LogP contribution in [0, 0.1) is 0 Å².